The maximum Gasteiger partial charge on any atom is 0.276 e. The number of rotatable bonds is 5. The Morgan fingerprint density at radius 3 is 2.27 bits per heavy atom. The van der Waals surface area contributed by atoms with Gasteiger partial charge in [0.15, 0.2) is 0 Å². The highest BCUT2D eigenvalue weighted by Crippen LogP contribution is 2.13. The van der Waals surface area contributed by atoms with Gasteiger partial charge >= 0.3 is 0 Å². The molecule has 116 valence electrons. The fraction of sp³-hybridized carbons (Fsp3) is 0.235. The first-order valence-electron chi connectivity index (χ1n) is 7.15. The summed E-state index contributed by atoms with van der Waals surface area (Å²) < 4.78 is 24.5. The minimum absolute atomic E-state index is 0.210. The number of nitrogens with zero attached hydrogens (tertiary/aromatic N) is 1. The van der Waals surface area contributed by atoms with E-state index >= 15 is 0 Å². The van der Waals surface area contributed by atoms with Crippen LogP contribution in [0.5, 0.6) is 0 Å². The van der Waals surface area contributed by atoms with Crippen molar-refractivity contribution in [2.45, 2.75) is 32.1 Å². The van der Waals surface area contributed by atoms with Crippen LogP contribution >= 0.6 is 0 Å². The lowest BCUT2D eigenvalue weighted by Gasteiger charge is -2.09. The van der Waals surface area contributed by atoms with Crippen LogP contribution in [-0.2, 0) is 10.0 Å². The normalized spacial score (nSPS) is 12.2. The smallest absolute Gasteiger partial charge is 0.200 e. The molecule has 0 unspecified atom stereocenters. The second-order valence-electron chi connectivity index (χ2n) is 5.13. The zero-order valence-corrected chi connectivity index (χ0v) is 13.8. The first-order valence-corrected chi connectivity index (χ1v) is 8.63. The largest absolute Gasteiger partial charge is 0.276 e. The van der Waals surface area contributed by atoms with E-state index in [0.29, 0.717) is 12.1 Å². The molecule has 0 aromatic heterocycles. The highest BCUT2D eigenvalue weighted by molar-refractivity contribution is 7.89. The monoisotopic (exact) mass is 316 g/mol. The molecule has 2 aromatic rings. The number of nitrogens with one attached hydrogen (secondary N) is 1. The maximum absolute atomic E-state index is 12.3. The van der Waals surface area contributed by atoms with E-state index in [9.17, 15) is 8.42 Å². The van der Waals surface area contributed by atoms with Crippen molar-refractivity contribution in [1.82, 2.24) is 4.83 Å². The molecule has 0 aliphatic rings. The summed E-state index contributed by atoms with van der Waals surface area (Å²) in [7, 11) is -3.64. The fourth-order valence-electron chi connectivity index (χ4n) is 2.11. The number of hydrogen-bond donors (Lipinski definition) is 1. The molecule has 0 saturated carbocycles. The van der Waals surface area contributed by atoms with Crippen molar-refractivity contribution in [3.8, 4) is 0 Å². The van der Waals surface area contributed by atoms with Gasteiger partial charge in [0.05, 0.1) is 10.6 Å². The summed E-state index contributed by atoms with van der Waals surface area (Å²) in [5.41, 5.74) is 3.75. The Kier molecular flexibility index (Phi) is 4.98. The van der Waals surface area contributed by atoms with Crippen molar-refractivity contribution < 1.29 is 8.42 Å². The van der Waals surface area contributed by atoms with Crippen LogP contribution < -0.4 is 4.83 Å². The molecule has 22 heavy (non-hydrogen) atoms. The Hall–Kier alpha value is -2.14. The number of sulfonamides is 1. The lowest BCUT2D eigenvalue weighted by atomic mass is 10.0. The van der Waals surface area contributed by atoms with Gasteiger partial charge in [-0.05, 0) is 38.0 Å². The van der Waals surface area contributed by atoms with Crippen molar-refractivity contribution in [2.75, 3.05) is 0 Å². The number of hydrazone groups is 1. The number of benzene rings is 2. The summed E-state index contributed by atoms with van der Waals surface area (Å²) in [5, 5.41) is 4.12. The topological polar surface area (TPSA) is 58.5 Å². The van der Waals surface area contributed by atoms with Crippen molar-refractivity contribution >= 4 is 15.7 Å². The van der Waals surface area contributed by atoms with Crippen LogP contribution in [0.3, 0.4) is 0 Å². The zero-order chi connectivity index (χ0) is 16.2. The summed E-state index contributed by atoms with van der Waals surface area (Å²) in [6.45, 7) is 5.84. The van der Waals surface area contributed by atoms with Crippen LogP contribution in [0.1, 0.15) is 30.0 Å². The third kappa shape index (κ3) is 3.74. The number of aryl methyl sites for hydroxylation is 2. The van der Waals surface area contributed by atoms with E-state index in [-0.39, 0.29) is 4.90 Å². The predicted octanol–water partition coefficient (Wildman–Crippen LogP) is 3.40. The van der Waals surface area contributed by atoms with Crippen molar-refractivity contribution in [2.24, 2.45) is 5.10 Å². The lowest BCUT2D eigenvalue weighted by Crippen LogP contribution is -2.20. The lowest BCUT2D eigenvalue weighted by molar-refractivity contribution is 0.584. The first kappa shape index (κ1) is 16.2. The molecule has 0 fully saturated rings. The van der Waals surface area contributed by atoms with Crippen molar-refractivity contribution in [3.63, 3.8) is 0 Å². The standard InChI is InChI=1S/C17H20N2O2S/c1-4-17(16-8-6-5-7-14(16)3)18-19-22(20,21)15-11-9-13(2)10-12-15/h5-12,19H,4H2,1-3H3. The molecule has 2 rings (SSSR count). The highest BCUT2D eigenvalue weighted by Gasteiger charge is 2.13. The molecular weight excluding hydrogens is 296 g/mol. The second kappa shape index (κ2) is 6.75. The van der Waals surface area contributed by atoms with Crippen molar-refractivity contribution in [1.29, 1.82) is 0 Å². The van der Waals surface area contributed by atoms with Crippen LogP contribution in [0.25, 0.3) is 0 Å². The average Bonchev–Trinajstić information content (AvgIpc) is 2.50. The summed E-state index contributed by atoms with van der Waals surface area (Å²) in [6.07, 6.45) is 0.640. The molecule has 0 spiro atoms. The van der Waals surface area contributed by atoms with E-state index in [2.05, 4.69) is 9.93 Å². The summed E-state index contributed by atoms with van der Waals surface area (Å²) in [5.74, 6) is 0. The molecule has 0 aliphatic carbocycles. The van der Waals surface area contributed by atoms with E-state index < -0.39 is 10.0 Å². The van der Waals surface area contributed by atoms with Crippen LogP contribution in [0.4, 0.5) is 0 Å². The first-order chi connectivity index (χ1) is 10.4. The molecule has 0 atom stereocenters. The molecule has 0 amide bonds. The van der Waals surface area contributed by atoms with Gasteiger partial charge in [-0.15, -0.1) is 0 Å². The van der Waals surface area contributed by atoms with Gasteiger partial charge in [0.25, 0.3) is 10.0 Å². The molecule has 0 radical (unpaired) electrons. The summed E-state index contributed by atoms with van der Waals surface area (Å²) in [6, 6.07) is 14.5. The van der Waals surface area contributed by atoms with Crippen LogP contribution in [0.15, 0.2) is 58.5 Å². The van der Waals surface area contributed by atoms with E-state index in [1.165, 1.54) is 0 Å². The van der Waals surface area contributed by atoms with Gasteiger partial charge in [-0.25, -0.2) is 0 Å². The molecule has 4 nitrogen and oxygen atoms in total. The molecule has 1 N–H and O–H groups in total. The van der Waals surface area contributed by atoms with Gasteiger partial charge in [0.2, 0.25) is 0 Å². The van der Waals surface area contributed by atoms with E-state index in [4.69, 9.17) is 0 Å². The number of hydrogen-bond acceptors (Lipinski definition) is 3. The van der Waals surface area contributed by atoms with Gasteiger partial charge in [-0.3, -0.25) is 0 Å². The van der Waals surface area contributed by atoms with Crippen LogP contribution in [0, 0.1) is 13.8 Å². The highest BCUT2D eigenvalue weighted by atomic mass is 32.2. The SMILES string of the molecule is CCC(=NNS(=O)(=O)c1ccc(C)cc1)c1ccccc1C. The predicted molar refractivity (Wildman–Crippen MR) is 89.5 cm³/mol. The van der Waals surface area contributed by atoms with E-state index in [1.807, 2.05) is 45.0 Å². The van der Waals surface area contributed by atoms with Crippen LogP contribution in [0.2, 0.25) is 0 Å². The second-order valence-corrected chi connectivity index (χ2v) is 6.80. The summed E-state index contributed by atoms with van der Waals surface area (Å²) in [4.78, 5) is 2.54. The molecular formula is C17H20N2O2S. The Morgan fingerprint density at radius 1 is 1.05 bits per heavy atom. The maximum atomic E-state index is 12.3. The van der Waals surface area contributed by atoms with Gasteiger partial charge in [0, 0.05) is 5.56 Å². The molecule has 2 aromatic carbocycles. The van der Waals surface area contributed by atoms with Gasteiger partial charge in [-0.2, -0.15) is 18.4 Å². The minimum Gasteiger partial charge on any atom is -0.200 e. The molecule has 0 heterocycles. The third-order valence-corrected chi connectivity index (χ3v) is 4.65. The van der Waals surface area contributed by atoms with Crippen LogP contribution in [-0.4, -0.2) is 14.1 Å². The average molecular weight is 316 g/mol. The van der Waals surface area contributed by atoms with E-state index in [1.54, 1.807) is 24.3 Å². The summed E-state index contributed by atoms with van der Waals surface area (Å²) >= 11 is 0. The molecule has 0 saturated heterocycles. The zero-order valence-electron chi connectivity index (χ0n) is 13.0. The molecule has 0 bridgehead atoms. The van der Waals surface area contributed by atoms with E-state index in [0.717, 1.165) is 16.7 Å². The van der Waals surface area contributed by atoms with Gasteiger partial charge < -0.3 is 0 Å². The molecule has 0 aliphatic heterocycles. The van der Waals surface area contributed by atoms with Crippen molar-refractivity contribution in [3.05, 3.63) is 65.2 Å². The quantitative estimate of drug-likeness (QED) is 0.679. The third-order valence-electron chi connectivity index (χ3n) is 3.42. The Labute approximate surface area is 131 Å². The Bertz CT molecular complexity index is 779. The minimum atomic E-state index is -3.64. The van der Waals surface area contributed by atoms with Gasteiger partial charge in [-0.1, -0.05) is 48.9 Å². The fourth-order valence-corrected chi connectivity index (χ4v) is 2.94. The molecule has 5 heteroatoms. The Morgan fingerprint density at radius 2 is 1.68 bits per heavy atom. The van der Waals surface area contributed by atoms with Gasteiger partial charge in [0.1, 0.15) is 0 Å². The Balaban J connectivity index is 2.28.